The lowest BCUT2D eigenvalue weighted by Gasteiger charge is -2.08. The molecule has 0 bridgehead atoms. The lowest BCUT2D eigenvalue weighted by atomic mass is 10.2. The van der Waals surface area contributed by atoms with E-state index in [4.69, 9.17) is 28.4 Å². The van der Waals surface area contributed by atoms with Gasteiger partial charge in [0.2, 0.25) is 0 Å². The standard InChI is InChI=1S/C20H28O8/c1-16(2)19(21)26-14-12-24-10-8-23-9-11-25-13-15-27-20(22)28-18-6-4-17(3)5-7-18/h4-7H,1,8-15H2,2-3H3. The molecule has 8 nitrogen and oxygen atoms in total. The van der Waals surface area contributed by atoms with Crippen molar-refractivity contribution >= 4 is 12.1 Å². The van der Waals surface area contributed by atoms with Crippen LogP contribution in [0.5, 0.6) is 5.75 Å². The van der Waals surface area contributed by atoms with Crippen molar-refractivity contribution in [1.82, 2.24) is 0 Å². The molecule has 1 aromatic carbocycles. The summed E-state index contributed by atoms with van der Waals surface area (Å²) in [5.41, 5.74) is 1.43. The highest BCUT2D eigenvalue weighted by Gasteiger charge is 2.05. The Hall–Kier alpha value is -2.42. The molecule has 0 fully saturated rings. The Balaban J connectivity index is 1.85. The lowest BCUT2D eigenvalue weighted by molar-refractivity contribution is -0.140. The number of carbonyl (C=O) groups excluding carboxylic acids is 2. The van der Waals surface area contributed by atoms with Gasteiger partial charge in [0, 0.05) is 5.57 Å². The summed E-state index contributed by atoms with van der Waals surface area (Å²) < 4.78 is 30.6. The van der Waals surface area contributed by atoms with Gasteiger partial charge in [-0.05, 0) is 26.0 Å². The zero-order valence-corrected chi connectivity index (χ0v) is 16.4. The highest BCUT2D eigenvalue weighted by Crippen LogP contribution is 2.11. The molecule has 0 aliphatic rings. The minimum Gasteiger partial charge on any atom is -0.460 e. The van der Waals surface area contributed by atoms with E-state index in [0.29, 0.717) is 44.4 Å². The molecular formula is C20H28O8. The summed E-state index contributed by atoms with van der Waals surface area (Å²) in [5, 5.41) is 0. The van der Waals surface area contributed by atoms with E-state index in [1.54, 1.807) is 19.1 Å². The van der Waals surface area contributed by atoms with Crippen molar-refractivity contribution in [3.05, 3.63) is 42.0 Å². The fourth-order valence-corrected chi connectivity index (χ4v) is 1.77. The number of rotatable bonds is 14. The summed E-state index contributed by atoms with van der Waals surface area (Å²) in [6.07, 6.45) is -0.769. The molecule has 0 saturated heterocycles. The normalized spacial score (nSPS) is 10.4. The number of aryl methyl sites for hydroxylation is 1. The molecule has 0 radical (unpaired) electrons. The number of ether oxygens (including phenoxy) is 6. The van der Waals surface area contributed by atoms with Gasteiger partial charge in [-0.2, -0.15) is 0 Å². The molecule has 28 heavy (non-hydrogen) atoms. The zero-order valence-electron chi connectivity index (χ0n) is 16.4. The maximum atomic E-state index is 11.5. The second-order valence-electron chi connectivity index (χ2n) is 5.77. The number of benzene rings is 1. The summed E-state index contributed by atoms with van der Waals surface area (Å²) in [5.74, 6) is 0.00510. The maximum Gasteiger partial charge on any atom is 0.513 e. The molecule has 0 saturated carbocycles. The number of hydrogen-bond acceptors (Lipinski definition) is 8. The predicted octanol–water partition coefficient (Wildman–Crippen LogP) is 2.68. The van der Waals surface area contributed by atoms with Crippen molar-refractivity contribution in [1.29, 1.82) is 0 Å². The van der Waals surface area contributed by atoms with Crippen molar-refractivity contribution in [2.75, 3.05) is 52.9 Å². The van der Waals surface area contributed by atoms with Crippen LogP contribution in [-0.4, -0.2) is 65.0 Å². The summed E-state index contributed by atoms with van der Waals surface area (Å²) >= 11 is 0. The van der Waals surface area contributed by atoms with Gasteiger partial charge in [-0.3, -0.25) is 0 Å². The van der Waals surface area contributed by atoms with Crippen LogP contribution in [0.1, 0.15) is 12.5 Å². The maximum absolute atomic E-state index is 11.5. The molecule has 0 amide bonds. The average Bonchev–Trinajstić information content (AvgIpc) is 2.67. The predicted molar refractivity (Wildman–Crippen MR) is 101 cm³/mol. The van der Waals surface area contributed by atoms with Crippen LogP contribution < -0.4 is 4.74 Å². The Bertz CT molecular complexity index is 597. The van der Waals surface area contributed by atoms with Gasteiger partial charge in [0.05, 0.1) is 39.6 Å². The quantitative estimate of drug-likeness (QED) is 0.205. The third-order valence-electron chi connectivity index (χ3n) is 3.22. The number of hydrogen-bond donors (Lipinski definition) is 0. The van der Waals surface area contributed by atoms with Gasteiger partial charge >= 0.3 is 12.1 Å². The second kappa shape index (κ2) is 14.6. The van der Waals surface area contributed by atoms with Gasteiger partial charge in [-0.1, -0.05) is 24.3 Å². The van der Waals surface area contributed by atoms with E-state index in [1.165, 1.54) is 0 Å². The first-order chi connectivity index (χ1) is 13.5. The topological polar surface area (TPSA) is 89.5 Å². The Labute approximate surface area is 165 Å². The molecule has 8 heteroatoms. The minimum atomic E-state index is -0.769. The van der Waals surface area contributed by atoms with Crippen molar-refractivity contribution in [3.63, 3.8) is 0 Å². The summed E-state index contributed by atoms with van der Waals surface area (Å²) in [6.45, 7) is 9.38. The first-order valence-corrected chi connectivity index (χ1v) is 8.96. The van der Waals surface area contributed by atoms with Gasteiger partial charge in [-0.25, -0.2) is 9.59 Å². The first-order valence-electron chi connectivity index (χ1n) is 8.96. The molecule has 1 rings (SSSR count). The van der Waals surface area contributed by atoms with Crippen LogP contribution in [0.4, 0.5) is 4.79 Å². The van der Waals surface area contributed by atoms with Crippen LogP contribution >= 0.6 is 0 Å². The van der Waals surface area contributed by atoms with Gasteiger partial charge in [0.1, 0.15) is 19.0 Å². The van der Waals surface area contributed by atoms with Crippen molar-refractivity contribution in [2.24, 2.45) is 0 Å². The average molecular weight is 396 g/mol. The zero-order chi connectivity index (χ0) is 20.6. The third-order valence-corrected chi connectivity index (χ3v) is 3.22. The molecule has 0 unspecified atom stereocenters. The molecule has 156 valence electrons. The molecule has 0 aliphatic carbocycles. The minimum absolute atomic E-state index is 0.0940. The van der Waals surface area contributed by atoms with E-state index in [2.05, 4.69) is 6.58 Å². The van der Waals surface area contributed by atoms with Crippen LogP contribution in [-0.2, 0) is 28.5 Å². The molecule has 1 aromatic rings. The highest BCUT2D eigenvalue weighted by molar-refractivity contribution is 5.86. The number of esters is 1. The first kappa shape index (κ1) is 23.6. The van der Waals surface area contributed by atoms with E-state index >= 15 is 0 Å². The van der Waals surface area contributed by atoms with Crippen molar-refractivity contribution < 1.29 is 38.0 Å². The van der Waals surface area contributed by atoms with E-state index in [9.17, 15) is 9.59 Å². The smallest absolute Gasteiger partial charge is 0.460 e. The fraction of sp³-hybridized carbons (Fsp3) is 0.500. The highest BCUT2D eigenvalue weighted by atomic mass is 16.7. The van der Waals surface area contributed by atoms with Crippen LogP contribution in [0.2, 0.25) is 0 Å². The van der Waals surface area contributed by atoms with E-state index < -0.39 is 12.1 Å². The lowest BCUT2D eigenvalue weighted by Crippen LogP contribution is -2.16. The Morgan fingerprint density at radius 3 is 1.75 bits per heavy atom. The summed E-state index contributed by atoms with van der Waals surface area (Å²) in [4.78, 5) is 22.6. The van der Waals surface area contributed by atoms with E-state index in [0.717, 1.165) is 5.56 Å². The Morgan fingerprint density at radius 1 is 0.786 bits per heavy atom. The molecule has 0 spiro atoms. The van der Waals surface area contributed by atoms with Crippen molar-refractivity contribution in [3.8, 4) is 5.75 Å². The van der Waals surface area contributed by atoms with Crippen LogP contribution in [0.15, 0.2) is 36.4 Å². The molecule has 0 aromatic heterocycles. The van der Waals surface area contributed by atoms with Crippen LogP contribution in [0.3, 0.4) is 0 Å². The molecule has 0 atom stereocenters. The number of carbonyl (C=O) groups is 2. The van der Waals surface area contributed by atoms with Gasteiger partial charge < -0.3 is 28.4 Å². The Kier molecular flexibility index (Phi) is 12.3. The monoisotopic (exact) mass is 396 g/mol. The third kappa shape index (κ3) is 12.1. The largest absolute Gasteiger partial charge is 0.513 e. The van der Waals surface area contributed by atoms with E-state index in [-0.39, 0.29) is 19.8 Å². The molecule has 0 N–H and O–H groups in total. The van der Waals surface area contributed by atoms with Gasteiger partial charge in [0.15, 0.2) is 0 Å². The summed E-state index contributed by atoms with van der Waals surface area (Å²) in [6, 6.07) is 7.08. The Morgan fingerprint density at radius 2 is 1.25 bits per heavy atom. The van der Waals surface area contributed by atoms with Gasteiger partial charge in [-0.15, -0.1) is 0 Å². The molecule has 0 aliphatic heterocycles. The van der Waals surface area contributed by atoms with Crippen LogP contribution in [0.25, 0.3) is 0 Å². The van der Waals surface area contributed by atoms with Gasteiger partial charge in [0.25, 0.3) is 0 Å². The fourth-order valence-electron chi connectivity index (χ4n) is 1.77. The van der Waals surface area contributed by atoms with Crippen LogP contribution in [0, 0.1) is 6.92 Å². The molecular weight excluding hydrogens is 368 g/mol. The summed E-state index contributed by atoms with van der Waals surface area (Å²) in [7, 11) is 0. The van der Waals surface area contributed by atoms with Crippen molar-refractivity contribution in [2.45, 2.75) is 13.8 Å². The van der Waals surface area contributed by atoms with E-state index in [1.807, 2.05) is 19.1 Å². The SMILES string of the molecule is C=C(C)C(=O)OCCOCCOCCOCCOC(=O)Oc1ccc(C)cc1. The second-order valence-corrected chi connectivity index (χ2v) is 5.77. The molecule has 0 heterocycles.